The molecule has 0 aliphatic carbocycles. The second kappa shape index (κ2) is 9.12. The minimum absolute atomic E-state index is 0.151. The largest absolute Gasteiger partial charge is 0.378 e. The molecule has 1 amide bonds. The van der Waals surface area contributed by atoms with E-state index in [0.717, 1.165) is 25.7 Å². The normalized spacial score (nSPS) is 21.5. The predicted molar refractivity (Wildman–Crippen MR) is 114 cm³/mol. The zero-order valence-corrected chi connectivity index (χ0v) is 18.6. The zero-order valence-electron chi connectivity index (χ0n) is 17.7. The van der Waals surface area contributed by atoms with Crippen molar-refractivity contribution in [1.29, 1.82) is 0 Å². The summed E-state index contributed by atoms with van der Waals surface area (Å²) < 4.78 is 33.5. The van der Waals surface area contributed by atoms with Gasteiger partial charge in [-0.15, -0.1) is 0 Å². The molecule has 2 aliphatic heterocycles. The van der Waals surface area contributed by atoms with Crippen LogP contribution < -0.4 is 5.32 Å². The molecule has 0 atom stereocenters. The van der Waals surface area contributed by atoms with Crippen molar-refractivity contribution in [3.05, 3.63) is 23.8 Å². The van der Waals surface area contributed by atoms with E-state index in [9.17, 15) is 13.2 Å². The number of rotatable bonds is 5. The number of morpholine rings is 1. The standard InChI is InChI=1S/C21H33N3O4S/c1-17-8-9-18(22-20(25)15-23-12-13-28-16-21(23,2)3)14-19(17)29(26,27)24-10-6-4-5-7-11-24/h8-9,14H,4-7,10-13,15-16H2,1-3H3,(H,22,25). The number of ether oxygens (including phenoxy) is 1. The number of carbonyl (C=O) groups is 1. The Labute approximate surface area is 174 Å². The summed E-state index contributed by atoms with van der Waals surface area (Å²) >= 11 is 0. The van der Waals surface area contributed by atoms with E-state index < -0.39 is 10.0 Å². The molecule has 0 radical (unpaired) electrons. The van der Waals surface area contributed by atoms with Crippen LogP contribution in [0.15, 0.2) is 23.1 Å². The van der Waals surface area contributed by atoms with E-state index in [4.69, 9.17) is 4.74 Å². The maximum atomic E-state index is 13.2. The van der Waals surface area contributed by atoms with Gasteiger partial charge in [-0.2, -0.15) is 4.31 Å². The zero-order chi connectivity index (χ0) is 21.1. The van der Waals surface area contributed by atoms with Crippen molar-refractivity contribution in [2.24, 2.45) is 0 Å². The molecule has 0 spiro atoms. The Hall–Kier alpha value is -1.48. The second-order valence-corrected chi connectivity index (χ2v) is 10.5. The van der Waals surface area contributed by atoms with Crippen LogP contribution in [0.2, 0.25) is 0 Å². The lowest BCUT2D eigenvalue weighted by Gasteiger charge is -2.41. The summed E-state index contributed by atoms with van der Waals surface area (Å²) in [7, 11) is -3.57. The lowest BCUT2D eigenvalue weighted by molar-refractivity contribution is -0.122. The number of aryl methyl sites for hydroxylation is 1. The molecule has 0 aromatic heterocycles. The fraction of sp³-hybridized carbons (Fsp3) is 0.667. The fourth-order valence-electron chi connectivity index (χ4n) is 3.93. The van der Waals surface area contributed by atoms with Gasteiger partial charge >= 0.3 is 0 Å². The molecule has 2 fully saturated rings. The molecule has 0 unspecified atom stereocenters. The number of hydrogen-bond acceptors (Lipinski definition) is 5. The third-order valence-corrected chi connectivity index (χ3v) is 7.85. The average molecular weight is 424 g/mol. The second-order valence-electron chi connectivity index (χ2n) is 8.63. The first-order chi connectivity index (χ1) is 13.7. The van der Waals surface area contributed by atoms with E-state index in [0.29, 0.717) is 44.1 Å². The van der Waals surface area contributed by atoms with Crippen molar-refractivity contribution < 1.29 is 17.9 Å². The number of nitrogens with one attached hydrogen (secondary N) is 1. The van der Waals surface area contributed by atoms with Crippen molar-refractivity contribution in [3.8, 4) is 0 Å². The highest BCUT2D eigenvalue weighted by molar-refractivity contribution is 7.89. The third kappa shape index (κ3) is 5.36. The van der Waals surface area contributed by atoms with Crippen LogP contribution in [0, 0.1) is 6.92 Å². The number of benzene rings is 1. The summed E-state index contributed by atoms with van der Waals surface area (Å²) in [4.78, 5) is 15.0. The molecule has 29 heavy (non-hydrogen) atoms. The van der Waals surface area contributed by atoms with Gasteiger partial charge in [0.1, 0.15) is 0 Å². The lowest BCUT2D eigenvalue weighted by Crippen LogP contribution is -2.55. The molecular formula is C21H33N3O4S. The molecule has 162 valence electrons. The SMILES string of the molecule is Cc1ccc(NC(=O)CN2CCOCC2(C)C)cc1S(=O)(=O)N1CCCCCC1. The monoisotopic (exact) mass is 423 g/mol. The highest BCUT2D eigenvalue weighted by atomic mass is 32.2. The summed E-state index contributed by atoms with van der Waals surface area (Å²) in [6, 6.07) is 5.12. The molecule has 0 saturated carbocycles. The number of sulfonamides is 1. The van der Waals surface area contributed by atoms with Crippen LogP contribution in [-0.2, 0) is 19.6 Å². The molecule has 2 saturated heterocycles. The molecule has 2 aliphatic rings. The van der Waals surface area contributed by atoms with E-state index in [1.165, 1.54) is 0 Å². The topological polar surface area (TPSA) is 79.0 Å². The number of carbonyl (C=O) groups excluding carboxylic acids is 1. The van der Waals surface area contributed by atoms with Crippen molar-refractivity contribution in [3.63, 3.8) is 0 Å². The summed E-state index contributed by atoms with van der Waals surface area (Å²) in [5, 5.41) is 2.88. The molecular weight excluding hydrogens is 390 g/mol. The Morgan fingerprint density at radius 3 is 2.48 bits per heavy atom. The van der Waals surface area contributed by atoms with Crippen LogP contribution in [0.4, 0.5) is 5.69 Å². The summed E-state index contributed by atoms with van der Waals surface area (Å²) in [5.74, 6) is -0.151. The van der Waals surface area contributed by atoms with E-state index >= 15 is 0 Å². The number of nitrogens with zero attached hydrogens (tertiary/aromatic N) is 2. The van der Waals surface area contributed by atoms with Crippen molar-refractivity contribution >= 4 is 21.6 Å². The highest BCUT2D eigenvalue weighted by Gasteiger charge is 2.32. The van der Waals surface area contributed by atoms with Crippen LogP contribution in [0.25, 0.3) is 0 Å². The van der Waals surface area contributed by atoms with Crippen LogP contribution in [0.1, 0.15) is 45.1 Å². The Kier molecular flexibility index (Phi) is 6.98. The fourth-order valence-corrected chi connectivity index (χ4v) is 5.70. The van der Waals surface area contributed by atoms with Gasteiger partial charge in [0.05, 0.1) is 24.7 Å². The molecule has 2 heterocycles. The molecule has 7 nitrogen and oxygen atoms in total. The van der Waals surface area contributed by atoms with Crippen LogP contribution >= 0.6 is 0 Å². The summed E-state index contributed by atoms with van der Waals surface area (Å²) in [6.07, 6.45) is 3.92. The Morgan fingerprint density at radius 2 is 1.83 bits per heavy atom. The van der Waals surface area contributed by atoms with Crippen molar-refractivity contribution in [2.75, 3.05) is 44.7 Å². The quantitative estimate of drug-likeness (QED) is 0.788. The van der Waals surface area contributed by atoms with Gasteiger partial charge in [0.15, 0.2) is 0 Å². The summed E-state index contributed by atoms with van der Waals surface area (Å²) in [6.45, 7) is 9.17. The molecule has 0 bridgehead atoms. The van der Waals surface area contributed by atoms with Crippen LogP contribution in [0.3, 0.4) is 0 Å². The highest BCUT2D eigenvalue weighted by Crippen LogP contribution is 2.26. The maximum absolute atomic E-state index is 13.2. The van der Waals surface area contributed by atoms with Gasteiger partial charge in [-0.1, -0.05) is 18.9 Å². The average Bonchev–Trinajstić information content (AvgIpc) is 2.95. The first-order valence-electron chi connectivity index (χ1n) is 10.4. The number of amides is 1. The number of hydrogen-bond donors (Lipinski definition) is 1. The molecule has 1 aromatic carbocycles. The third-order valence-electron chi connectivity index (χ3n) is 5.81. The molecule has 8 heteroatoms. The van der Waals surface area contributed by atoms with Gasteiger partial charge < -0.3 is 10.1 Å². The van der Waals surface area contributed by atoms with Gasteiger partial charge in [0, 0.05) is 30.9 Å². The molecule has 1 N–H and O–H groups in total. The van der Waals surface area contributed by atoms with Gasteiger partial charge in [-0.05, 0) is 51.3 Å². The van der Waals surface area contributed by atoms with E-state index in [2.05, 4.69) is 24.1 Å². The van der Waals surface area contributed by atoms with Crippen molar-refractivity contribution in [2.45, 2.75) is 56.9 Å². The van der Waals surface area contributed by atoms with Gasteiger partial charge in [0.25, 0.3) is 0 Å². The van der Waals surface area contributed by atoms with Crippen molar-refractivity contribution in [1.82, 2.24) is 9.21 Å². The van der Waals surface area contributed by atoms with E-state index in [-0.39, 0.29) is 22.9 Å². The lowest BCUT2D eigenvalue weighted by atomic mass is 10.0. The first kappa shape index (κ1) is 22.2. The number of anilines is 1. The van der Waals surface area contributed by atoms with Crippen LogP contribution in [0.5, 0.6) is 0 Å². The smallest absolute Gasteiger partial charge is 0.243 e. The first-order valence-corrected chi connectivity index (χ1v) is 11.9. The Bertz CT molecular complexity index is 830. The van der Waals surface area contributed by atoms with E-state index in [1.807, 2.05) is 0 Å². The molecule has 3 rings (SSSR count). The van der Waals surface area contributed by atoms with Gasteiger partial charge in [-0.25, -0.2) is 8.42 Å². The Balaban J connectivity index is 1.74. The minimum Gasteiger partial charge on any atom is -0.378 e. The van der Waals surface area contributed by atoms with Crippen LogP contribution in [-0.4, -0.2) is 68.5 Å². The van der Waals surface area contributed by atoms with E-state index in [1.54, 1.807) is 29.4 Å². The molecule has 1 aromatic rings. The van der Waals surface area contributed by atoms with Gasteiger partial charge in [-0.3, -0.25) is 9.69 Å². The summed E-state index contributed by atoms with van der Waals surface area (Å²) in [5.41, 5.74) is 1.01. The van der Waals surface area contributed by atoms with Gasteiger partial charge in [0.2, 0.25) is 15.9 Å². The Morgan fingerprint density at radius 1 is 1.14 bits per heavy atom. The maximum Gasteiger partial charge on any atom is 0.243 e. The predicted octanol–water partition coefficient (Wildman–Crippen LogP) is 2.61. The minimum atomic E-state index is -3.57.